The average Bonchev–Trinajstić information content (AvgIpc) is 3.23. The lowest BCUT2D eigenvalue weighted by molar-refractivity contribution is -0.148. The number of anilines is 1. The second-order valence-electron chi connectivity index (χ2n) is 9.74. The van der Waals surface area contributed by atoms with E-state index in [1.54, 1.807) is 19.1 Å². The Morgan fingerprint density at radius 2 is 1.91 bits per heavy atom. The van der Waals surface area contributed by atoms with Crippen molar-refractivity contribution >= 4 is 30.1 Å². The van der Waals surface area contributed by atoms with E-state index in [1.165, 1.54) is 0 Å². The van der Waals surface area contributed by atoms with Gasteiger partial charge in [-0.1, -0.05) is 32.0 Å². The van der Waals surface area contributed by atoms with Crippen LogP contribution in [0.4, 0.5) is 5.69 Å². The predicted octanol–water partition coefficient (Wildman–Crippen LogP) is 1.46. The van der Waals surface area contributed by atoms with Gasteiger partial charge in [-0.2, -0.15) is 0 Å². The van der Waals surface area contributed by atoms with E-state index in [-0.39, 0.29) is 18.4 Å². The second kappa shape index (κ2) is 10.8. The molecule has 1 saturated heterocycles. The highest BCUT2D eigenvalue weighted by Crippen LogP contribution is 2.20. The van der Waals surface area contributed by atoms with Crippen molar-refractivity contribution in [3.05, 3.63) is 58.7 Å². The van der Waals surface area contributed by atoms with Gasteiger partial charge in [-0.3, -0.25) is 4.79 Å². The van der Waals surface area contributed by atoms with Gasteiger partial charge in [0.2, 0.25) is 0 Å². The summed E-state index contributed by atoms with van der Waals surface area (Å²) in [6.07, 6.45) is 0. The maximum Gasteiger partial charge on any atom is 0.492 e. The number of amides is 1. The maximum absolute atomic E-state index is 13.1. The predicted molar refractivity (Wildman–Crippen MR) is 136 cm³/mol. The van der Waals surface area contributed by atoms with Crippen LogP contribution in [0.3, 0.4) is 0 Å². The van der Waals surface area contributed by atoms with Gasteiger partial charge < -0.3 is 29.5 Å². The number of carbonyl (C=O) groups excluding carboxylic acids is 2. The number of nitrogens with one attached hydrogen (secondary N) is 1. The van der Waals surface area contributed by atoms with E-state index in [2.05, 4.69) is 34.3 Å². The molecule has 0 radical (unpaired) electrons. The van der Waals surface area contributed by atoms with Crippen molar-refractivity contribution in [3.63, 3.8) is 0 Å². The van der Waals surface area contributed by atoms with Crippen LogP contribution in [-0.2, 0) is 27.4 Å². The van der Waals surface area contributed by atoms with E-state index < -0.39 is 19.1 Å². The number of rotatable bonds is 7. The molecule has 2 aliphatic rings. The molecule has 2 heterocycles. The minimum atomic E-state index is -1.04. The summed E-state index contributed by atoms with van der Waals surface area (Å²) in [5, 5.41) is 12.9. The molecular weight excluding hydrogens is 445 g/mol. The largest absolute Gasteiger partial charge is 0.492 e. The third-order valence-corrected chi connectivity index (χ3v) is 6.86. The van der Waals surface area contributed by atoms with Gasteiger partial charge in [-0.15, -0.1) is 0 Å². The van der Waals surface area contributed by atoms with E-state index in [1.807, 2.05) is 26.0 Å². The first-order chi connectivity index (χ1) is 16.7. The first-order valence-corrected chi connectivity index (χ1v) is 12.2. The molecule has 0 bridgehead atoms. The summed E-state index contributed by atoms with van der Waals surface area (Å²) in [5.41, 5.74) is 4.59. The van der Waals surface area contributed by atoms with Crippen LogP contribution >= 0.6 is 0 Å². The molecule has 0 unspecified atom stereocenters. The molecule has 0 aromatic heterocycles. The Balaban J connectivity index is 1.40. The molecule has 0 spiro atoms. The number of likely N-dealkylation sites (N-methyl/N-ethyl adjacent to an activating group) is 1. The molecule has 2 aliphatic heterocycles. The molecule has 2 N–H and O–H groups in total. The third-order valence-electron chi connectivity index (χ3n) is 6.86. The van der Waals surface area contributed by atoms with Crippen LogP contribution in [0.2, 0.25) is 0 Å². The zero-order valence-corrected chi connectivity index (χ0v) is 20.9. The summed E-state index contributed by atoms with van der Waals surface area (Å²) in [6.45, 7) is 9.94. The topological polar surface area (TPSA) is 91.3 Å². The number of ether oxygens (including phenoxy) is 1. The molecular formula is C26H34BN3O5. The number of nitrogens with zero attached hydrogens (tertiary/aromatic N) is 2. The molecule has 2 aromatic carbocycles. The van der Waals surface area contributed by atoms with Crippen LogP contribution in [0.5, 0.6) is 0 Å². The number of carbonyl (C=O) groups is 2. The van der Waals surface area contributed by atoms with Crippen molar-refractivity contribution in [1.82, 2.24) is 10.2 Å². The Kier molecular flexibility index (Phi) is 7.79. The van der Waals surface area contributed by atoms with Crippen molar-refractivity contribution in [3.8, 4) is 0 Å². The molecule has 35 heavy (non-hydrogen) atoms. The van der Waals surface area contributed by atoms with Crippen LogP contribution < -0.4 is 15.7 Å². The Bertz CT molecular complexity index is 1080. The lowest BCUT2D eigenvalue weighted by Crippen LogP contribution is -2.46. The molecule has 9 heteroatoms. The van der Waals surface area contributed by atoms with Crippen LogP contribution in [0.1, 0.15) is 40.9 Å². The summed E-state index contributed by atoms with van der Waals surface area (Å²) in [6, 6.07) is 10.8. The lowest BCUT2D eigenvalue weighted by Gasteiger charge is -2.34. The van der Waals surface area contributed by atoms with Crippen LogP contribution in [-0.4, -0.2) is 68.2 Å². The highest BCUT2D eigenvalue weighted by Gasteiger charge is 2.32. The summed E-state index contributed by atoms with van der Waals surface area (Å²) in [4.78, 5) is 30.7. The van der Waals surface area contributed by atoms with Gasteiger partial charge >= 0.3 is 13.1 Å². The molecule has 0 saturated carbocycles. The number of hydrogen-bond acceptors (Lipinski definition) is 7. The molecule has 1 amide bonds. The van der Waals surface area contributed by atoms with Gasteiger partial charge in [-0.05, 0) is 60.2 Å². The Morgan fingerprint density at radius 3 is 2.63 bits per heavy atom. The maximum atomic E-state index is 13.1. The van der Waals surface area contributed by atoms with E-state index in [9.17, 15) is 14.6 Å². The summed E-state index contributed by atoms with van der Waals surface area (Å²) in [7, 11) is 1.09. The Morgan fingerprint density at radius 1 is 1.17 bits per heavy atom. The fraction of sp³-hybridized carbons (Fsp3) is 0.462. The Labute approximate surface area is 207 Å². The van der Waals surface area contributed by atoms with E-state index in [0.29, 0.717) is 23.2 Å². The van der Waals surface area contributed by atoms with E-state index >= 15 is 0 Å². The standard InChI is InChI=1S/C26H34BN3O5/c1-17(2)24(28-25(31)22-9-8-20-16-35-27(33)23(20)18(22)3)26(32)34-15-19-6-5-7-21(14-19)30-12-10-29(4)11-13-30/h5-9,14,17,24,33H,10-13,15-16H2,1-4H3,(H,28,31)/t24-/m0/s1. The summed E-state index contributed by atoms with van der Waals surface area (Å²) < 4.78 is 10.9. The van der Waals surface area contributed by atoms with Crippen molar-refractivity contribution in [2.75, 3.05) is 38.1 Å². The third kappa shape index (κ3) is 5.69. The molecule has 1 atom stereocenters. The minimum absolute atomic E-state index is 0.140. The highest BCUT2D eigenvalue weighted by molar-refractivity contribution is 6.62. The molecule has 0 aliphatic carbocycles. The van der Waals surface area contributed by atoms with Crippen molar-refractivity contribution in [1.29, 1.82) is 0 Å². The second-order valence-corrected chi connectivity index (χ2v) is 9.74. The monoisotopic (exact) mass is 479 g/mol. The van der Waals surface area contributed by atoms with Crippen LogP contribution in [0.25, 0.3) is 0 Å². The molecule has 1 fully saturated rings. The van der Waals surface area contributed by atoms with Crippen LogP contribution in [0, 0.1) is 12.8 Å². The fourth-order valence-electron chi connectivity index (χ4n) is 4.62. The smallest absolute Gasteiger partial charge is 0.459 e. The molecule has 4 rings (SSSR count). The van der Waals surface area contributed by atoms with Crippen molar-refractivity contribution < 1.29 is 24.0 Å². The number of benzene rings is 2. The van der Waals surface area contributed by atoms with Crippen LogP contribution in [0.15, 0.2) is 36.4 Å². The van der Waals surface area contributed by atoms with Gasteiger partial charge in [0, 0.05) is 37.4 Å². The van der Waals surface area contributed by atoms with Gasteiger partial charge in [0.25, 0.3) is 5.91 Å². The highest BCUT2D eigenvalue weighted by atomic mass is 16.5. The zero-order valence-electron chi connectivity index (χ0n) is 20.9. The fourth-order valence-corrected chi connectivity index (χ4v) is 4.62. The Hall–Kier alpha value is -2.88. The number of piperazine rings is 1. The van der Waals surface area contributed by atoms with Gasteiger partial charge in [0.1, 0.15) is 12.6 Å². The van der Waals surface area contributed by atoms with Crippen molar-refractivity contribution in [2.45, 2.75) is 40.0 Å². The SMILES string of the molecule is Cc1c(C(=O)N[C@H](C(=O)OCc2cccc(N3CCN(C)CC3)c2)C(C)C)ccc2c1B(O)OC2. The first kappa shape index (κ1) is 25.2. The van der Waals surface area contributed by atoms with Crippen molar-refractivity contribution in [2.24, 2.45) is 5.92 Å². The van der Waals surface area contributed by atoms with E-state index in [0.717, 1.165) is 43.0 Å². The normalized spacial score (nSPS) is 16.9. The van der Waals surface area contributed by atoms with Gasteiger partial charge in [0.15, 0.2) is 0 Å². The number of esters is 1. The summed E-state index contributed by atoms with van der Waals surface area (Å²) >= 11 is 0. The molecule has 8 nitrogen and oxygen atoms in total. The summed E-state index contributed by atoms with van der Waals surface area (Å²) in [5.74, 6) is -1.01. The van der Waals surface area contributed by atoms with Gasteiger partial charge in [0.05, 0.1) is 6.61 Å². The number of fused-ring (bicyclic) bond motifs is 1. The molecule has 2 aromatic rings. The van der Waals surface area contributed by atoms with E-state index in [4.69, 9.17) is 9.39 Å². The number of hydrogen-bond donors (Lipinski definition) is 2. The average molecular weight is 479 g/mol. The molecule has 186 valence electrons. The first-order valence-electron chi connectivity index (χ1n) is 12.2. The quantitative estimate of drug-likeness (QED) is 0.459. The minimum Gasteiger partial charge on any atom is -0.459 e. The lowest BCUT2D eigenvalue weighted by atomic mass is 9.75. The zero-order chi connectivity index (χ0) is 25.1. The van der Waals surface area contributed by atoms with Gasteiger partial charge in [-0.25, -0.2) is 4.79 Å².